The van der Waals surface area contributed by atoms with E-state index in [0.29, 0.717) is 6.61 Å². The predicted octanol–water partition coefficient (Wildman–Crippen LogP) is 3.21. The number of hydrogen-bond acceptors (Lipinski definition) is 1. The number of aryl methyl sites for hydroxylation is 3. The highest BCUT2D eigenvalue weighted by Crippen LogP contribution is 2.24. The molecule has 0 aliphatic rings. The quantitative estimate of drug-likeness (QED) is 0.688. The van der Waals surface area contributed by atoms with E-state index in [1.54, 1.807) is 0 Å². The first-order chi connectivity index (χ1) is 6.15. The third kappa shape index (κ3) is 2.48. The van der Waals surface area contributed by atoms with Gasteiger partial charge in [0.2, 0.25) is 0 Å². The number of benzene rings is 1. The van der Waals surface area contributed by atoms with Gasteiger partial charge < -0.3 is 4.74 Å². The lowest BCUT2D eigenvalue weighted by molar-refractivity contribution is 0.320. The maximum absolute atomic E-state index is 5.61. The van der Waals surface area contributed by atoms with Gasteiger partial charge in [0.25, 0.3) is 0 Å². The summed E-state index contributed by atoms with van der Waals surface area (Å²) in [7, 11) is 0. The van der Waals surface area contributed by atoms with Crippen molar-refractivity contribution >= 4 is 0 Å². The molecule has 0 spiro atoms. The van der Waals surface area contributed by atoms with Crippen LogP contribution in [-0.2, 0) is 0 Å². The van der Waals surface area contributed by atoms with Gasteiger partial charge in [-0.15, -0.1) is 0 Å². The molecule has 71 valence electrons. The van der Waals surface area contributed by atoms with Crippen molar-refractivity contribution < 1.29 is 4.74 Å². The molecule has 1 aromatic rings. The normalized spacial score (nSPS) is 10.2. The summed E-state index contributed by atoms with van der Waals surface area (Å²) in [6.45, 7) is 10.7. The van der Waals surface area contributed by atoms with Crippen LogP contribution >= 0.6 is 0 Å². The fourth-order valence-electron chi connectivity index (χ4n) is 1.57. The predicted molar refractivity (Wildman–Crippen MR) is 56.1 cm³/mol. The minimum Gasteiger partial charge on any atom is -0.493 e. The molecule has 0 unspecified atom stereocenters. The van der Waals surface area contributed by atoms with Crippen molar-refractivity contribution in [2.75, 3.05) is 6.61 Å². The van der Waals surface area contributed by atoms with Crippen LogP contribution in [0, 0.1) is 27.7 Å². The Morgan fingerprint density at radius 1 is 1.15 bits per heavy atom. The summed E-state index contributed by atoms with van der Waals surface area (Å²) in [6, 6.07) is 4.29. The zero-order chi connectivity index (χ0) is 9.84. The minimum absolute atomic E-state index is 0.699. The molecule has 0 saturated heterocycles. The Hall–Kier alpha value is -0.980. The van der Waals surface area contributed by atoms with Crippen molar-refractivity contribution in [3.63, 3.8) is 0 Å². The Labute approximate surface area is 80.7 Å². The molecular formula is C12H17O. The van der Waals surface area contributed by atoms with Gasteiger partial charge in [-0.05, 0) is 45.2 Å². The monoisotopic (exact) mass is 177 g/mol. The molecule has 1 nitrogen and oxygen atoms in total. The Balaban J connectivity index is 2.92. The van der Waals surface area contributed by atoms with E-state index in [1.165, 1.54) is 16.7 Å². The summed E-state index contributed by atoms with van der Waals surface area (Å²) < 4.78 is 5.61. The van der Waals surface area contributed by atoms with Gasteiger partial charge in [0, 0.05) is 0 Å². The van der Waals surface area contributed by atoms with Gasteiger partial charge in [-0.25, -0.2) is 0 Å². The molecule has 0 bridgehead atoms. The Morgan fingerprint density at radius 2 is 1.69 bits per heavy atom. The SMILES string of the molecule is [CH2]CCOc1c(C)cc(C)cc1C. The Kier molecular flexibility index (Phi) is 3.35. The fraction of sp³-hybridized carbons (Fsp3) is 0.417. The van der Waals surface area contributed by atoms with Crippen molar-refractivity contribution in [2.24, 2.45) is 0 Å². The Bertz CT molecular complexity index is 266. The van der Waals surface area contributed by atoms with E-state index in [2.05, 4.69) is 39.8 Å². The van der Waals surface area contributed by atoms with Crippen LogP contribution in [0.25, 0.3) is 0 Å². The first kappa shape index (κ1) is 10.1. The average Bonchev–Trinajstić information content (AvgIpc) is 2.02. The summed E-state index contributed by atoms with van der Waals surface area (Å²) in [5, 5.41) is 0. The zero-order valence-corrected chi connectivity index (χ0v) is 8.68. The molecule has 0 aromatic heterocycles. The van der Waals surface area contributed by atoms with E-state index < -0.39 is 0 Å². The van der Waals surface area contributed by atoms with E-state index >= 15 is 0 Å². The molecule has 1 heteroatoms. The smallest absolute Gasteiger partial charge is 0.125 e. The Morgan fingerprint density at radius 3 is 2.15 bits per heavy atom. The maximum atomic E-state index is 5.61. The van der Waals surface area contributed by atoms with Crippen LogP contribution in [0.2, 0.25) is 0 Å². The summed E-state index contributed by atoms with van der Waals surface area (Å²) >= 11 is 0. The highest BCUT2D eigenvalue weighted by molar-refractivity contribution is 5.42. The van der Waals surface area contributed by atoms with Crippen LogP contribution in [0.15, 0.2) is 12.1 Å². The van der Waals surface area contributed by atoms with Gasteiger partial charge in [-0.3, -0.25) is 0 Å². The molecule has 1 aromatic carbocycles. The topological polar surface area (TPSA) is 9.23 Å². The van der Waals surface area contributed by atoms with Crippen molar-refractivity contribution in [2.45, 2.75) is 27.2 Å². The maximum Gasteiger partial charge on any atom is 0.125 e. The van der Waals surface area contributed by atoms with E-state index in [1.807, 2.05) is 0 Å². The minimum atomic E-state index is 0.699. The van der Waals surface area contributed by atoms with Crippen LogP contribution in [-0.4, -0.2) is 6.61 Å². The third-order valence-electron chi connectivity index (χ3n) is 2.00. The summed E-state index contributed by atoms with van der Waals surface area (Å²) in [6.07, 6.45) is 0.812. The second-order valence-electron chi connectivity index (χ2n) is 3.43. The molecule has 0 fully saturated rings. The molecule has 0 aliphatic carbocycles. The van der Waals surface area contributed by atoms with Crippen LogP contribution in [0.3, 0.4) is 0 Å². The van der Waals surface area contributed by atoms with Gasteiger partial charge in [0.15, 0.2) is 0 Å². The van der Waals surface area contributed by atoms with Crippen molar-refractivity contribution in [1.29, 1.82) is 0 Å². The van der Waals surface area contributed by atoms with Crippen molar-refractivity contribution in [3.8, 4) is 5.75 Å². The molecule has 0 heterocycles. The van der Waals surface area contributed by atoms with E-state index in [-0.39, 0.29) is 0 Å². The molecule has 0 atom stereocenters. The lowest BCUT2D eigenvalue weighted by Crippen LogP contribution is -1.99. The highest BCUT2D eigenvalue weighted by Gasteiger charge is 2.03. The van der Waals surface area contributed by atoms with Crippen LogP contribution in [0.1, 0.15) is 23.1 Å². The molecular weight excluding hydrogens is 160 g/mol. The number of hydrogen-bond donors (Lipinski definition) is 0. The van der Waals surface area contributed by atoms with Gasteiger partial charge in [0.05, 0.1) is 6.61 Å². The lowest BCUT2D eigenvalue weighted by Gasteiger charge is -2.11. The first-order valence-corrected chi connectivity index (χ1v) is 4.65. The standard InChI is InChI=1S/C12H17O/c1-5-6-13-12-10(3)7-9(2)8-11(12)4/h7-8H,1,5-6H2,2-4H3. The highest BCUT2D eigenvalue weighted by atomic mass is 16.5. The van der Waals surface area contributed by atoms with Crippen molar-refractivity contribution in [1.82, 2.24) is 0 Å². The van der Waals surface area contributed by atoms with Crippen LogP contribution in [0.4, 0.5) is 0 Å². The van der Waals surface area contributed by atoms with Gasteiger partial charge in [-0.1, -0.05) is 17.7 Å². The first-order valence-electron chi connectivity index (χ1n) is 4.65. The molecule has 1 rings (SSSR count). The number of rotatable bonds is 3. The summed E-state index contributed by atoms with van der Waals surface area (Å²) in [4.78, 5) is 0. The average molecular weight is 177 g/mol. The third-order valence-corrected chi connectivity index (χ3v) is 2.00. The second kappa shape index (κ2) is 4.31. The van der Waals surface area contributed by atoms with Gasteiger partial charge >= 0.3 is 0 Å². The van der Waals surface area contributed by atoms with Crippen molar-refractivity contribution in [3.05, 3.63) is 35.7 Å². The van der Waals surface area contributed by atoms with E-state index in [9.17, 15) is 0 Å². The fourth-order valence-corrected chi connectivity index (χ4v) is 1.57. The molecule has 0 aliphatic heterocycles. The van der Waals surface area contributed by atoms with Gasteiger partial charge in [-0.2, -0.15) is 0 Å². The summed E-state index contributed by atoms with van der Waals surface area (Å²) in [5.74, 6) is 1.02. The van der Waals surface area contributed by atoms with E-state index in [0.717, 1.165) is 12.2 Å². The molecule has 13 heavy (non-hydrogen) atoms. The lowest BCUT2D eigenvalue weighted by atomic mass is 10.1. The second-order valence-corrected chi connectivity index (χ2v) is 3.43. The van der Waals surface area contributed by atoms with Crippen LogP contribution in [0.5, 0.6) is 5.75 Å². The molecule has 0 N–H and O–H groups in total. The number of ether oxygens (including phenoxy) is 1. The van der Waals surface area contributed by atoms with Crippen LogP contribution < -0.4 is 4.74 Å². The summed E-state index contributed by atoms with van der Waals surface area (Å²) in [5.41, 5.74) is 3.72. The largest absolute Gasteiger partial charge is 0.493 e. The molecule has 1 radical (unpaired) electrons. The molecule has 0 saturated carbocycles. The van der Waals surface area contributed by atoms with E-state index in [4.69, 9.17) is 4.74 Å². The molecule has 0 amide bonds. The zero-order valence-electron chi connectivity index (χ0n) is 8.68. The van der Waals surface area contributed by atoms with Gasteiger partial charge in [0.1, 0.15) is 5.75 Å².